The molecular weight excluding hydrogens is 568 g/mol. The monoisotopic (exact) mass is 608 g/mol. The minimum absolute atomic E-state index is 0.00622. The molecule has 2 aromatic carbocycles. The third-order valence-corrected chi connectivity index (χ3v) is 9.41. The lowest BCUT2D eigenvalue weighted by Gasteiger charge is -2.34. The molecule has 0 unspecified atom stereocenters. The molecule has 2 aliphatic heterocycles. The first kappa shape index (κ1) is 32.8. The highest BCUT2D eigenvalue weighted by atomic mass is 35.5. The number of fused-ring (bicyclic) bond motifs is 1. The van der Waals surface area contributed by atoms with E-state index in [2.05, 4.69) is 9.62 Å². The molecule has 4 rings (SSSR count). The largest absolute Gasteiger partial charge is 0.483 e. The molecule has 2 heterocycles. The van der Waals surface area contributed by atoms with Gasteiger partial charge in [0.2, 0.25) is 21.8 Å². The molecule has 0 spiro atoms. The normalized spacial score (nSPS) is 19.0. The van der Waals surface area contributed by atoms with Crippen molar-refractivity contribution in [3.8, 4) is 0 Å². The Kier molecular flexibility index (Phi) is 12.0. The van der Waals surface area contributed by atoms with E-state index in [9.17, 15) is 18.0 Å². The van der Waals surface area contributed by atoms with Gasteiger partial charge in [-0.15, -0.1) is 0 Å². The van der Waals surface area contributed by atoms with E-state index in [0.717, 1.165) is 30.4 Å². The first-order valence-corrected chi connectivity index (χ1v) is 16.0. The summed E-state index contributed by atoms with van der Waals surface area (Å²) in [6, 6.07) is 8.47. The van der Waals surface area contributed by atoms with Crippen molar-refractivity contribution < 1.29 is 27.9 Å². The summed E-state index contributed by atoms with van der Waals surface area (Å²) >= 11 is 6.03. The van der Waals surface area contributed by atoms with Gasteiger partial charge in [0, 0.05) is 30.7 Å². The van der Waals surface area contributed by atoms with E-state index in [4.69, 9.17) is 21.5 Å². The van der Waals surface area contributed by atoms with Crippen molar-refractivity contribution in [1.82, 2.24) is 19.4 Å². The van der Waals surface area contributed by atoms with Gasteiger partial charge in [-0.1, -0.05) is 36.6 Å². The molecule has 0 bridgehead atoms. The number of benzene rings is 2. The van der Waals surface area contributed by atoms with E-state index < -0.39 is 22.1 Å². The molecule has 2 aromatic rings. The van der Waals surface area contributed by atoms with Crippen molar-refractivity contribution in [3.05, 3.63) is 41.4 Å². The van der Waals surface area contributed by atoms with Crippen molar-refractivity contribution in [2.45, 2.75) is 75.9 Å². The Morgan fingerprint density at radius 3 is 2.32 bits per heavy atom. The topological polar surface area (TPSA) is 127 Å². The highest BCUT2D eigenvalue weighted by molar-refractivity contribution is 7.89. The zero-order valence-corrected chi connectivity index (χ0v) is 25.5. The van der Waals surface area contributed by atoms with Crippen LogP contribution < -0.4 is 4.72 Å². The van der Waals surface area contributed by atoms with Crippen LogP contribution in [-0.4, -0.2) is 97.4 Å². The molecule has 2 saturated heterocycles. The van der Waals surface area contributed by atoms with E-state index in [-0.39, 0.29) is 29.2 Å². The van der Waals surface area contributed by atoms with Crippen LogP contribution in [0.5, 0.6) is 0 Å². The number of halogens is 1. The molecule has 0 aromatic heterocycles. The average Bonchev–Trinajstić information content (AvgIpc) is 3.11. The molecule has 0 aliphatic carbocycles. The zero-order valence-electron chi connectivity index (χ0n) is 24.0. The number of amides is 2. The molecular formula is C29H41ClN4O6S. The maximum atomic E-state index is 13.5. The van der Waals surface area contributed by atoms with E-state index >= 15 is 0 Å². The van der Waals surface area contributed by atoms with Crippen molar-refractivity contribution in [3.63, 3.8) is 0 Å². The quantitative estimate of drug-likeness (QED) is 0.417. The second-order valence-electron chi connectivity index (χ2n) is 10.8. The second kappa shape index (κ2) is 14.9. The Morgan fingerprint density at radius 2 is 1.68 bits per heavy atom. The van der Waals surface area contributed by atoms with Crippen molar-refractivity contribution in [2.24, 2.45) is 0 Å². The lowest BCUT2D eigenvalue weighted by molar-refractivity contribution is -0.144. The summed E-state index contributed by atoms with van der Waals surface area (Å²) in [7, 11) is -3.93. The van der Waals surface area contributed by atoms with E-state index in [1.165, 1.54) is 36.6 Å². The average molecular weight is 609 g/mol. The Hall–Kier alpha value is -2.73. The molecule has 12 heteroatoms. The Labute approximate surface area is 247 Å². The third-order valence-electron chi connectivity index (χ3n) is 7.71. The minimum atomic E-state index is -3.93. The first-order valence-electron chi connectivity index (χ1n) is 14.1. The van der Waals surface area contributed by atoms with Crippen LogP contribution in [0, 0.1) is 0 Å². The predicted molar refractivity (Wildman–Crippen MR) is 159 cm³/mol. The van der Waals surface area contributed by atoms with Gasteiger partial charge in [0.1, 0.15) is 12.1 Å². The summed E-state index contributed by atoms with van der Waals surface area (Å²) in [5, 5.41) is 9.03. The van der Waals surface area contributed by atoms with E-state index in [1.807, 2.05) is 18.7 Å². The zero-order chi connectivity index (χ0) is 30.2. The van der Waals surface area contributed by atoms with Gasteiger partial charge >= 0.3 is 0 Å². The summed E-state index contributed by atoms with van der Waals surface area (Å²) in [5.74, 6) is -0.460. The van der Waals surface area contributed by atoms with Crippen LogP contribution in [0.25, 0.3) is 10.8 Å². The summed E-state index contributed by atoms with van der Waals surface area (Å²) in [6.45, 7) is 9.37. The fourth-order valence-corrected chi connectivity index (χ4v) is 6.86. The fourth-order valence-electron chi connectivity index (χ4n) is 5.42. The van der Waals surface area contributed by atoms with Crippen LogP contribution in [0.3, 0.4) is 0 Å². The number of hydrogen-bond donors (Lipinski definition) is 2. The van der Waals surface area contributed by atoms with Gasteiger partial charge in [0.05, 0.1) is 4.90 Å². The third kappa shape index (κ3) is 8.64. The molecule has 0 saturated carbocycles. The highest BCUT2D eigenvalue weighted by Crippen LogP contribution is 2.24. The number of rotatable bonds is 9. The molecule has 0 radical (unpaired) electrons. The van der Waals surface area contributed by atoms with Crippen LogP contribution in [0.1, 0.15) is 52.9 Å². The summed E-state index contributed by atoms with van der Waals surface area (Å²) in [5.41, 5.74) is 0. The number of carbonyl (C=O) groups is 3. The van der Waals surface area contributed by atoms with Gasteiger partial charge in [0.15, 0.2) is 0 Å². The number of carboxylic acid groups (broad SMARTS) is 1. The van der Waals surface area contributed by atoms with E-state index in [0.29, 0.717) is 24.5 Å². The lowest BCUT2D eigenvalue weighted by atomic mass is 10.1. The number of carbonyl (C=O) groups excluding carboxylic acids is 2. The van der Waals surface area contributed by atoms with Crippen LogP contribution in [0.4, 0.5) is 0 Å². The number of nitrogens with one attached hydrogen (secondary N) is 1. The van der Waals surface area contributed by atoms with Crippen LogP contribution >= 0.6 is 11.6 Å². The van der Waals surface area contributed by atoms with E-state index in [1.54, 1.807) is 37.3 Å². The standard InChI is InChI=1S/C28H39ClN4O4S.CH2O2/c1-20(2)32(17-16-31-13-6-4-5-7-14-31)27(34)21(3)33-15-12-26(28(33)35)30-38(36,37)25-11-9-22-18-24(29)10-8-23(22)19-25;2-1-3/h8-11,18-21,26,30H,4-7,12-17H2,1-3H3;1H,(H,2,3)/t21-,26-;/m0./s1. The number of nitrogens with zero attached hydrogens (tertiary/aromatic N) is 3. The summed E-state index contributed by atoms with van der Waals surface area (Å²) in [4.78, 5) is 41.0. The maximum Gasteiger partial charge on any atom is 0.290 e. The molecule has 2 atom stereocenters. The van der Waals surface area contributed by atoms with Crippen molar-refractivity contribution in [2.75, 3.05) is 32.7 Å². The van der Waals surface area contributed by atoms with Crippen molar-refractivity contribution in [1.29, 1.82) is 0 Å². The molecule has 226 valence electrons. The van der Waals surface area contributed by atoms with Gasteiger partial charge in [-0.2, -0.15) is 4.72 Å². The summed E-state index contributed by atoms with van der Waals surface area (Å²) < 4.78 is 28.8. The SMILES string of the molecule is CC(C)N(CCN1CCCCCC1)C(=O)[C@H](C)N1CC[C@H](NS(=O)(=O)c2ccc3cc(Cl)ccc3c2)C1=O.O=CO. The Bertz CT molecular complexity index is 1310. The van der Waals surface area contributed by atoms with Gasteiger partial charge in [-0.25, -0.2) is 8.42 Å². The molecule has 2 aliphatic rings. The predicted octanol–water partition coefficient (Wildman–Crippen LogP) is 3.57. The lowest BCUT2D eigenvalue weighted by Crippen LogP contribution is -2.53. The number of hydrogen-bond acceptors (Lipinski definition) is 6. The fraction of sp³-hybridized carbons (Fsp3) is 0.552. The van der Waals surface area contributed by atoms with Gasteiger partial charge < -0.3 is 19.8 Å². The van der Waals surface area contributed by atoms with Crippen LogP contribution in [-0.2, 0) is 24.4 Å². The van der Waals surface area contributed by atoms with Gasteiger partial charge in [-0.05, 0) is 88.2 Å². The highest BCUT2D eigenvalue weighted by Gasteiger charge is 2.40. The van der Waals surface area contributed by atoms with Gasteiger partial charge in [0.25, 0.3) is 6.47 Å². The maximum absolute atomic E-state index is 13.5. The molecule has 10 nitrogen and oxygen atoms in total. The van der Waals surface area contributed by atoms with Crippen molar-refractivity contribution >= 4 is 50.7 Å². The smallest absolute Gasteiger partial charge is 0.290 e. The number of likely N-dealkylation sites (tertiary alicyclic amines) is 2. The minimum Gasteiger partial charge on any atom is -0.483 e. The number of sulfonamides is 1. The summed E-state index contributed by atoms with van der Waals surface area (Å²) in [6.07, 6.45) is 5.23. The first-order chi connectivity index (χ1) is 19.5. The molecule has 41 heavy (non-hydrogen) atoms. The molecule has 2 fully saturated rings. The second-order valence-corrected chi connectivity index (χ2v) is 13.0. The van der Waals surface area contributed by atoms with Gasteiger partial charge in [-0.3, -0.25) is 14.4 Å². The Morgan fingerprint density at radius 1 is 1.07 bits per heavy atom. The molecule has 2 amide bonds. The molecule has 2 N–H and O–H groups in total. The van der Waals surface area contributed by atoms with Crippen LogP contribution in [0.15, 0.2) is 41.3 Å². The van der Waals surface area contributed by atoms with Crippen LogP contribution in [0.2, 0.25) is 5.02 Å². The Balaban J connectivity index is 0.00000147.